The van der Waals surface area contributed by atoms with E-state index in [1.165, 1.54) is 0 Å². The van der Waals surface area contributed by atoms with Crippen molar-refractivity contribution in [2.75, 3.05) is 42.5 Å². The number of halogens is 1. The topological polar surface area (TPSA) is 134 Å². The number of carbonyl (C=O) groups is 1. The molecule has 2 aromatic rings. The number of rotatable bonds is 2. The van der Waals surface area contributed by atoms with Gasteiger partial charge in [-0.25, -0.2) is 9.78 Å². The van der Waals surface area contributed by atoms with Crippen LogP contribution < -0.4 is 16.4 Å². The van der Waals surface area contributed by atoms with Crippen molar-refractivity contribution in [3.05, 3.63) is 28.2 Å². The SMILES string of the molecule is CC(C)(C)OC(=O)N1CCN(c2ccc(Br)cc2-c2nc(N)nc(N)c2C#N)CC1. The van der Waals surface area contributed by atoms with Crippen LogP contribution in [0, 0.1) is 11.3 Å². The fourth-order valence-corrected chi connectivity index (χ4v) is 3.59. The molecule has 0 aliphatic carbocycles. The second kappa shape index (κ2) is 8.36. The molecular formula is C20H24BrN7O2. The molecule has 9 nitrogen and oxygen atoms in total. The molecule has 1 fully saturated rings. The molecule has 1 amide bonds. The van der Waals surface area contributed by atoms with Crippen LogP contribution in [-0.2, 0) is 4.74 Å². The number of nitrogen functional groups attached to an aromatic ring is 2. The van der Waals surface area contributed by atoms with Gasteiger partial charge in [-0.1, -0.05) is 15.9 Å². The highest BCUT2D eigenvalue weighted by Gasteiger charge is 2.27. The van der Waals surface area contributed by atoms with Crippen LogP contribution >= 0.6 is 15.9 Å². The normalized spacial score (nSPS) is 14.4. The van der Waals surface area contributed by atoms with Gasteiger partial charge in [-0.3, -0.25) is 0 Å². The summed E-state index contributed by atoms with van der Waals surface area (Å²) in [6, 6.07) is 7.81. The minimum absolute atomic E-state index is 0.00201. The minimum Gasteiger partial charge on any atom is -0.444 e. The molecule has 0 saturated carbocycles. The average molecular weight is 474 g/mol. The van der Waals surface area contributed by atoms with Crippen molar-refractivity contribution in [1.29, 1.82) is 5.26 Å². The molecule has 2 heterocycles. The Kier molecular flexibility index (Phi) is 6.03. The van der Waals surface area contributed by atoms with Gasteiger partial charge >= 0.3 is 6.09 Å². The molecule has 0 atom stereocenters. The first-order chi connectivity index (χ1) is 14.1. The van der Waals surface area contributed by atoms with E-state index < -0.39 is 5.60 Å². The number of benzene rings is 1. The summed E-state index contributed by atoms with van der Waals surface area (Å²) in [7, 11) is 0. The number of anilines is 3. The Hall–Kier alpha value is -3.06. The number of carbonyl (C=O) groups excluding carboxylic acids is 1. The average Bonchev–Trinajstić information content (AvgIpc) is 2.66. The first kappa shape index (κ1) is 21.6. The van der Waals surface area contributed by atoms with E-state index in [4.69, 9.17) is 16.2 Å². The second-order valence-electron chi connectivity index (χ2n) is 7.92. The van der Waals surface area contributed by atoms with Crippen LogP contribution in [0.5, 0.6) is 0 Å². The number of ether oxygens (including phenoxy) is 1. The largest absolute Gasteiger partial charge is 0.444 e. The van der Waals surface area contributed by atoms with E-state index in [0.717, 1.165) is 10.2 Å². The number of hydrogen-bond donors (Lipinski definition) is 2. The maximum Gasteiger partial charge on any atom is 0.410 e. The van der Waals surface area contributed by atoms with Crippen molar-refractivity contribution >= 4 is 39.5 Å². The maximum absolute atomic E-state index is 12.3. The summed E-state index contributed by atoms with van der Waals surface area (Å²) in [5.74, 6) is 0.0443. The molecule has 0 radical (unpaired) electrons. The second-order valence-corrected chi connectivity index (χ2v) is 8.83. The van der Waals surface area contributed by atoms with Crippen molar-refractivity contribution in [1.82, 2.24) is 14.9 Å². The monoisotopic (exact) mass is 473 g/mol. The summed E-state index contributed by atoms with van der Waals surface area (Å²) in [4.78, 5) is 24.4. The van der Waals surface area contributed by atoms with Gasteiger partial charge in [-0.2, -0.15) is 10.2 Å². The van der Waals surface area contributed by atoms with E-state index in [9.17, 15) is 10.1 Å². The maximum atomic E-state index is 12.3. The Morgan fingerprint density at radius 3 is 2.47 bits per heavy atom. The van der Waals surface area contributed by atoms with Crippen molar-refractivity contribution in [2.45, 2.75) is 26.4 Å². The zero-order valence-corrected chi connectivity index (χ0v) is 18.7. The van der Waals surface area contributed by atoms with E-state index in [2.05, 4.69) is 36.9 Å². The number of nitrogens with zero attached hydrogens (tertiary/aromatic N) is 5. The fourth-order valence-electron chi connectivity index (χ4n) is 3.23. The Labute approximate surface area is 183 Å². The predicted octanol–water partition coefficient (Wildman–Crippen LogP) is 3.00. The number of piperazine rings is 1. The quantitative estimate of drug-likeness (QED) is 0.679. The first-order valence-corrected chi connectivity index (χ1v) is 10.2. The molecule has 0 unspecified atom stereocenters. The van der Waals surface area contributed by atoms with Gasteiger partial charge in [0.05, 0.1) is 5.69 Å². The molecule has 3 rings (SSSR count). The van der Waals surface area contributed by atoms with E-state index in [1.54, 1.807) is 4.90 Å². The lowest BCUT2D eigenvalue weighted by atomic mass is 10.0. The van der Waals surface area contributed by atoms with Crippen molar-refractivity contribution < 1.29 is 9.53 Å². The number of nitriles is 1. The number of hydrogen-bond acceptors (Lipinski definition) is 8. The lowest BCUT2D eigenvalue weighted by Crippen LogP contribution is -2.50. The zero-order valence-electron chi connectivity index (χ0n) is 17.1. The van der Waals surface area contributed by atoms with E-state index in [-0.39, 0.29) is 23.4 Å². The highest BCUT2D eigenvalue weighted by atomic mass is 79.9. The van der Waals surface area contributed by atoms with Gasteiger partial charge in [-0.15, -0.1) is 0 Å². The van der Waals surface area contributed by atoms with Gasteiger partial charge < -0.3 is 26.0 Å². The van der Waals surface area contributed by atoms with E-state index in [1.807, 2.05) is 39.0 Å². The molecule has 1 aliphatic rings. The highest BCUT2D eigenvalue weighted by molar-refractivity contribution is 9.10. The number of amides is 1. The molecule has 10 heteroatoms. The van der Waals surface area contributed by atoms with Gasteiger partial charge in [-0.05, 0) is 39.0 Å². The van der Waals surface area contributed by atoms with Crippen LogP contribution in [-0.4, -0.2) is 52.7 Å². The van der Waals surface area contributed by atoms with Gasteiger partial charge in [0.25, 0.3) is 0 Å². The van der Waals surface area contributed by atoms with Gasteiger partial charge in [0.2, 0.25) is 5.95 Å². The summed E-state index contributed by atoms with van der Waals surface area (Å²) >= 11 is 3.48. The first-order valence-electron chi connectivity index (χ1n) is 9.45. The molecule has 0 bridgehead atoms. The summed E-state index contributed by atoms with van der Waals surface area (Å²) in [6.45, 7) is 7.79. The van der Waals surface area contributed by atoms with Crippen LogP contribution in [0.4, 0.5) is 22.2 Å². The number of nitrogens with two attached hydrogens (primary N) is 2. The smallest absolute Gasteiger partial charge is 0.410 e. The van der Waals surface area contributed by atoms with E-state index in [0.29, 0.717) is 37.4 Å². The summed E-state index contributed by atoms with van der Waals surface area (Å²) in [5.41, 5.74) is 13.3. The molecule has 0 spiro atoms. The van der Waals surface area contributed by atoms with Gasteiger partial charge in [0.1, 0.15) is 23.1 Å². The molecule has 30 heavy (non-hydrogen) atoms. The molecule has 158 valence electrons. The minimum atomic E-state index is -0.534. The zero-order chi connectivity index (χ0) is 22.1. The van der Waals surface area contributed by atoms with Gasteiger partial charge in [0, 0.05) is 41.9 Å². The third-order valence-corrected chi connectivity index (χ3v) is 5.05. The fraction of sp³-hybridized carbons (Fsp3) is 0.400. The summed E-state index contributed by atoms with van der Waals surface area (Å²) < 4.78 is 6.29. The van der Waals surface area contributed by atoms with Crippen molar-refractivity contribution in [3.8, 4) is 17.3 Å². The number of aromatic nitrogens is 2. The summed E-state index contributed by atoms with van der Waals surface area (Å²) in [5, 5.41) is 9.58. The van der Waals surface area contributed by atoms with Crippen LogP contribution in [0.2, 0.25) is 0 Å². The molecule has 1 aromatic heterocycles. The van der Waals surface area contributed by atoms with Crippen LogP contribution in [0.15, 0.2) is 22.7 Å². The van der Waals surface area contributed by atoms with Crippen LogP contribution in [0.3, 0.4) is 0 Å². The molecule has 1 aromatic carbocycles. The Morgan fingerprint density at radius 2 is 1.87 bits per heavy atom. The lowest BCUT2D eigenvalue weighted by molar-refractivity contribution is 0.0240. The molecule has 1 aliphatic heterocycles. The predicted molar refractivity (Wildman–Crippen MR) is 119 cm³/mol. The van der Waals surface area contributed by atoms with Crippen LogP contribution in [0.1, 0.15) is 26.3 Å². The molecular weight excluding hydrogens is 450 g/mol. The Balaban J connectivity index is 1.90. The van der Waals surface area contributed by atoms with Crippen molar-refractivity contribution in [3.63, 3.8) is 0 Å². The van der Waals surface area contributed by atoms with Crippen molar-refractivity contribution in [2.24, 2.45) is 0 Å². The van der Waals surface area contributed by atoms with Gasteiger partial charge in [0.15, 0.2) is 0 Å². The Bertz CT molecular complexity index is 1010. The lowest BCUT2D eigenvalue weighted by Gasteiger charge is -2.37. The van der Waals surface area contributed by atoms with E-state index >= 15 is 0 Å². The molecule has 1 saturated heterocycles. The van der Waals surface area contributed by atoms with Crippen LogP contribution in [0.25, 0.3) is 11.3 Å². The Morgan fingerprint density at radius 1 is 1.20 bits per heavy atom. The highest BCUT2D eigenvalue weighted by Crippen LogP contribution is 2.36. The third-order valence-electron chi connectivity index (χ3n) is 4.55. The summed E-state index contributed by atoms with van der Waals surface area (Å²) in [6.07, 6.45) is -0.318. The standard InChI is InChI=1S/C20H24BrN7O2/c1-20(2,3)30-19(29)28-8-6-27(7-9-28)15-5-4-12(21)10-13(15)16-14(11-22)17(23)26-18(24)25-16/h4-5,10H,6-9H2,1-3H3,(H4,23,24,25,26). The molecule has 4 N–H and O–H groups in total. The third kappa shape index (κ3) is 4.74.